The molecule has 0 amide bonds. The van der Waals surface area contributed by atoms with Gasteiger partial charge in [0.15, 0.2) is 0 Å². The van der Waals surface area contributed by atoms with Gasteiger partial charge >= 0.3 is 0 Å². The molecule has 0 N–H and O–H groups in total. The Morgan fingerprint density at radius 1 is 0.724 bits per heavy atom. The monoisotopic (exact) mass is 400 g/mol. The molecule has 3 aliphatic rings. The second-order valence-corrected chi connectivity index (χ2v) is 9.60. The molecule has 2 saturated heterocycles. The van der Waals surface area contributed by atoms with Gasteiger partial charge in [0.25, 0.3) is 0 Å². The molecular formula is C26H28N2S. The van der Waals surface area contributed by atoms with Crippen LogP contribution in [0.2, 0.25) is 0 Å². The summed E-state index contributed by atoms with van der Waals surface area (Å²) in [6.07, 6.45) is 2.86. The quantitative estimate of drug-likeness (QED) is 0.429. The minimum absolute atomic E-state index is 0.862. The fraction of sp³-hybridized carbons (Fsp3) is 0.308. The molecule has 2 heterocycles. The lowest BCUT2D eigenvalue weighted by Crippen LogP contribution is -2.28. The van der Waals surface area contributed by atoms with Crippen molar-refractivity contribution in [2.45, 2.75) is 43.4 Å². The van der Waals surface area contributed by atoms with E-state index in [0.29, 0.717) is 0 Å². The van der Waals surface area contributed by atoms with Gasteiger partial charge in [0, 0.05) is 37.1 Å². The molecule has 0 spiro atoms. The Kier molecular flexibility index (Phi) is 5.71. The second-order valence-electron chi connectivity index (χ2n) is 8.43. The Balaban J connectivity index is 1.26. The fourth-order valence-electron chi connectivity index (χ4n) is 4.56. The van der Waals surface area contributed by atoms with Gasteiger partial charge in [0.05, 0.1) is 0 Å². The minimum Gasteiger partial charge on any atom is -0.296 e. The molecule has 148 valence electrons. The van der Waals surface area contributed by atoms with E-state index in [1.807, 2.05) is 11.9 Å². The van der Waals surface area contributed by atoms with Gasteiger partial charge in [-0.15, -0.1) is 0 Å². The van der Waals surface area contributed by atoms with Crippen molar-refractivity contribution in [3.8, 4) is 0 Å². The molecule has 3 aromatic rings. The highest BCUT2D eigenvalue weighted by Gasteiger charge is 2.42. The maximum absolute atomic E-state index is 2.67. The number of nitrogens with zero attached hydrogens (tertiary/aromatic N) is 2. The largest absolute Gasteiger partial charge is 0.296 e. The molecule has 1 saturated carbocycles. The van der Waals surface area contributed by atoms with E-state index >= 15 is 0 Å². The van der Waals surface area contributed by atoms with E-state index in [4.69, 9.17) is 0 Å². The Bertz CT molecular complexity index is 863. The van der Waals surface area contributed by atoms with Crippen LogP contribution < -0.4 is 0 Å². The number of rotatable bonds is 8. The summed E-state index contributed by atoms with van der Waals surface area (Å²) < 4.78 is 2.45. The SMILES string of the molecule is c1ccc(CN(Cc2ccccc2)Sc2ccc(CN3CC4CC3C4)cc2)cc1. The van der Waals surface area contributed by atoms with Gasteiger partial charge in [-0.1, -0.05) is 72.8 Å². The first-order valence-electron chi connectivity index (χ1n) is 10.7. The predicted octanol–water partition coefficient (Wildman–Crippen LogP) is 5.99. The third-order valence-corrected chi connectivity index (χ3v) is 7.17. The van der Waals surface area contributed by atoms with Crippen LogP contribution in [0.3, 0.4) is 0 Å². The van der Waals surface area contributed by atoms with Crippen molar-refractivity contribution in [2.75, 3.05) is 6.54 Å². The van der Waals surface area contributed by atoms with Gasteiger partial charge in [-0.2, -0.15) is 0 Å². The Hall–Kier alpha value is -2.07. The standard InChI is InChI=1S/C26H28N2S/c1-3-7-21(8-4-1)19-28(20-22-9-5-2-6-10-22)29-26-13-11-23(12-14-26)17-27-18-24-15-25(27)16-24/h1-14,24-25H,15-20H2. The highest BCUT2D eigenvalue weighted by atomic mass is 32.2. The molecule has 2 aliphatic heterocycles. The lowest BCUT2D eigenvalue weighted by molar-refractivity contribution is 0.240. The van der Waals surface area contributed by atoms with E-state index in [0.717, 1.165) is 31.6 Å². The molecule has 0 unspecified atom stereocenters. The van der Waals surface area contributed by atoms with Crippen molar-refractivity contribution in [2.24, 2.45) is 5.92 Å². The van der Waals surface area contributed by atoms with E-state index in [2.05, 4.69) is 94.1 Å². The molecule has 2 bridgehead atoms. The first-order valence-corrected chi connectivity index (χ1v) is 11.4. The van der Waals surface area contributed by atoms with Gasteiger partial charge in [0.2, 0.25) is 0 Å². The van der Waals surface area contributed by atoms with Crippen LogP contribution in [-0.4, -0.2) is 21.8 Å². The molecular weight excluding hydrogens is 372 g/mol. The fourth-order valence-corrected chi connectivity index (χ4v) is 5.54. The first-order chi connectivity index (χ1) is 14.3. The summed E-state index contributed by atoms with van der Waals surface area (Å²) in [6.45, 7) is 4.28. The van der Waals surface area contributed by atoms with Crippen LogP contribution in [0, 0.1) is 5.92 Å². The van der Waals surface area contributed by atoms with Crippen LogP contribution in [0.1, 0.15) is 29.5 Å². The van der Waals surface area contributed by atoms with Crippen molar-refractivity contribution in [1.82, 2.24) is 9.21 Å². The van der Waals surface area contributed by atoms with Crippen LogP contribution in [0.4, 0.5) is 0 Å². The van der Waals surface area contributed by atoms with Crippen LogP contribution >= 0.6 is 11.9 Å². The highest BCUT2D eigenvalue weighted by molar-refractivity contribution is 7.97. The van der Waals surface area contributed by atoms with E-state index < -0.39 is 0 Å². The summed E-state index contributed by atoms with van der Waals surface area (Å²) in [6, 6.07) is 31.6. The summed E-state index contributed by atoms with van der Waals surface area (Å²) in [5, 5.41) is 0. The molecule has 6 rings (SSSR count). The molecule has 3 aromatic carbocycles. The Labute approximate surface area is 178 Å². The third-order valence-electron chi connectivity index (χ3n) is 6.17. The number of benzene rings is 3. The van der Waals surface area contributed by atoms with Crippen molar-refractivity contribution < 1.29 is 0 Å². The summed E-state index contributed by atoms with van der Waals surface area (Å²) in [5.41, 5.74) is 4.14. The number of hydrogen-bond acceptors (Lipinski definition) is 3. The molecule has 3 heteroatoms. The van der Waals surface area contributed by atoms with Crippen molar-refractivity contribution >= 4 is 11.9 Å². The van der Waals surface area contributed by atoms with E-state index in [1.54, 1.807) is 0 Å². The van der Waals surface area contributed by atoms with Crippen LogP contribution in [0.15, 0.2) is 89.8 Å². The zero-order valence-electron chi connectivity index (χ0n) is 16.8. The molecule has 1 aliphatic carbocycles. The average molecular weight is 401 g/mol. The normalized spacial score (nSPS) is 20.7. The van der Waals surface area contributed by atoms with Crippen molar-refractivity contribution in [1.29, 1.82) is 0 Å². The van der Waals surface area contributed by atoms with Crippen LogP contribution in [-0.2, 0) is 19.6 Å². The third kappa shape index (κ3) is 4.75. The lowest BCUT2D eigenvalue weighted by Gasteiger charge is -2.26. The van der Waals surface area contributed by atoms with Gasteiger partial charge in [-0.25, -0.2) is 4.31 Å². The van der Waals surface area contributed by atoms with Gasteiger partial charge in [-0.3, -0.25) is 4.90 Å². The molecule has 2 nitrogen and oxygen atoms in total. The van der Waals surface area contributed by atoms with E-state index in [1.165, 1.54) is 41.0 Å². The Morgan fingerprint density at radius 3 is 1.83 bits per heavy atom. The highest BCUT2D eigenvalue weighted by Crippen LogP contribution is 2.41. The topological polar surface area (TPSA) is 6.48 Å². The summed E-state index contributed by atoms with van der Waals surface area (Å²) in [4.78, 5) is 3.98. The van der Waals surface area contributed by atoms with Gasteiger partial charge in [0.1, 0.15) is 0 Å². The number of hydrogen-bond donors (Lipinski definition) is 0. The van der Waals surface area contributed by atoms with E-state index in [9.17, 15) is 0 Å². The van der Waals surface area contributed by atoms with Crippen molar-refractivity contribution in [3.63, 3.8) is 0 Å². The zero-order valence-corrected chi connectivity index (χ0v) is 17.6. The molecule has 3 fully saturated rings. The summed E-state index contributed by atoms with van der Waals surface area (Å²) in [5.74, 6) is 0.986. The summed E-state index contributed by atoms with van der Waals surface area (Å²) >= 11 is 1.86. The van der Waals surface area contributed by atoms with Crippen molar-refractivity contribution in [3.05, 3.63) is 102 Å². The zero-order chi connectivity index (χ0) is 19.5. The lowest BCUT2D eigenvalue weighted by atomic mass is 9.86. The first kappa shape index (κ1) is 18.9. The van der Waals surface area contributed by atoms with Crippen LogP contribution in [0.25, 0.3) is 0 Å². The molecule has 0 atom stereocenters. The maximum Gasteiger partial charge on any atom is 0.0347 e. The number of fused-ring (bicyclic) bond motifs is 1. The van der Waals surface area contributed by atoms with Crippen LogP contribution in [0.5, 0.6) is 0 Å². The minimum atomic E-state index is 0.862. The Morgan fingerprint density at radius 2 is 1.31 bits per heavy atom. The molecule has 0 aromatic heterocycles. The van der Waals surface area contributed by atoms with Gasteiger partial charge in [-0.05, 0) is 59.5 Å². The average Bonchev–Trinajstić information content (AvgIpc) is 3.30. The molecule has 0 radical (unpaired) electrons. The predicted molar refractivity (Wildman–Crippen MR) is 121 cm³/mol. The maximum atomic E-state index is 2.67. The van der Waals surface area contributed by atoms with E-state index in [-0.39, 0.29) is 0 Å². The second kappa shape index (κ2) is 8.74. The smallest absolute Gasteiger partial charge is 0.0347 e. The summed E-state index contributed by atoms with van der Waals surface area (Å²) in [7, 11) is 0. The molecule has 29 heavy (non-hydrogen) atoms. The van der Waals surface area contributed by atoms with Gasteiger partial charge < -0.3 is 0 Å².